The number of pyridine rings is 1. The lowest BCUT2D eigenvalue weighted by atomic mass is 10.1. The van der Waals surface area contributed by atoms with Gasteiger partial charge in [-0.2, -0.15) is 0 Å². The van der Waals surface area contributed by atoms with Crippen molar-refractivity contribution in [3.63, 3.8) is 0 Å². The Labute approximate surface area is 145 Å². The lowest BCUT2D eigenvalue weighted by Gasteiger charge is -2.11. The summed E-state index contributed by atoms with van der Waals surface area (Å²) in [4.78, 5) is 4.68. The lowest BCUT2D eigenvalue weighted by molar-refractivity contribution is 0.886. The number of para-hydroxylation sites is 1. The molecule has 1 atom stereocenters. The second kappa shape index (κ2) is 6.47. The van der Waals surface area contributed by atoms with Crippen LogP contribution in [0.25, 0.3) is 10.9 Å². The molecule has 3 aromatic rings. The van der Waals surface area contributed by atoms with E-state index in [1.165, 1.54) is 0 Å². The van der Waals surface area contributed by atoms with Crippen LogP contribution in [0.3, 0.4) is 0 Å². The van der Waals surface area contributed by atoms with Crippen LogP contribution in [0, 0.1) is 0 Å². The summed E-state index contributed by atoms with van der Waals surface area (Å²) in [5, 5.41) is 1.05. The van der Waals surface area contributed by atoms with Gasteiger partial charge >= 0.3 is 0 Å². The van der Waals surface area contributed by atoms with E-state index in [9.17, 15) is 0 Å². The largest absolute Gasteiger partial charge is 0.253 e. The normalized spacial score (nSPS) is 12.5. The van der Waals surface area contributed by atoms with Crippen molar-refractivity contribution >= 4 is 54.4 Å². The van der Waals surface area contributed by atoms with Crippen molar-refractivity contribution in [3.8, 4) is 0 Å². The van der Waals surface area contributed by atoms with Crippen LogP contribution in [0.5, 0.6) is 0 Å². The number of benzene rings is 2. The Bertz CT molecular complexity index is 768. The van der Waals surface area contributed by atoms with E-state index in [4.69, 9.17) is 11.6 Å². The van der Waals surface area contributed by atoms with E-state index in [0.29, 0.717) is 6.42 Å². The number of hydrogen-bond donors (Lipinski definition) is 0. The molecule has 2 aromatic carbocycles. The van der Waals surface area contributed by atoms with Gasteiger partial charge in [-0.15, -0.1) is 11.6 Å². The quantitative estimate of drug-likeness (QED) is 0.450. The summed E-state index contributed by atoms with van der Waals surface area (Å²) in [6, 6.07) is 18.3. The van der Waals surface area contributed by atoms with Crippen molar-refractivity contribution in [3.05, 3.63) is 74.8 Å². The maximum Gasteiger partial charge on any atom is 0.0705 e. The van der Waals surface area contributed by atoms with Gasteiger partial charge in [-0.25, -0.2) is 0 Å². The number of halogens is 3. The Morgan fingerprint density at radius 3 is 2.43 bits per heavy atom. The molecule has 0 fully saturated rings. The van der Waals surface area contributed by atoms with Crippen LogP contribution in [0.2, 0.25) is 0 Å². The van der Waals surface area contributed by atoms with Gasteiger partial charge in [0.05, 0.1) is 10.9 Å². The van der Waals surface area contributed by atoms with E-state index in [1.54, 1.807) is 0 Å². The van der Waals surface area contributed by atoms with Crippen molar-refractivity contribution < 1.29 is 0 Å². The highest BCUT2D eigenvalue weighted by atomic mass is 79.9. The van der Waals surface area contributed by atoms with Crippen LogP contribution in [-0.2, 0) is 6.42 Å². The third-order valence-electron chi connectivity index (χ3n) is 3.29. The van der Waals surface area contributed by atoms with Crippen LogP contribution in [-0.4, -0.2) is 4.98 Å². The van der Waals surface area contributed by atoms with Gasteiger partial charge in [-0.3, -0.25) is 4.98 Å². The average molecular weight is 426 g/mol. The van der Waals surface area contributed by atoms with Gasteiger partial charge in [0.15, 0.2) is 0 Å². The molecule has 0 amide bonds. The highest BCUT2D eigenvalue weighted by Gasteiger charge is 2.12. The molecule has 0 spiro atoms. The lowest BCUT2D eigenvalue weighted by Crippen LogP contribution is -1.99. The second-order valence-electron chi connectivity index (χ2n) is 4.87. The molecule has 1 unspecified atom stereocenters. The maximum absolute atomic E-state index is 6.55. The number of hydrogen-bond acceptors (Lipinski definition) is 1. The molecule has 1 aromatic heterocycles. The smallest absolute Gasteiger partial charge is 0.0705 e. The minimum absolute atomic E-state index is 0.104. The molecule has 0 N–H and O–H groups in total. The number of fused-ring (bicyclic) bond motifs is 1. The monoisotopic (exact) mass is 423 g/mol. The first-order chi connectivity index (χ1) is 10.1. The molecule has 0 saturated carbocycles. The number of alkyl halides is 1. The minimum atomic E-state index is -0.104. The summed E-state index contributed by atoms with van der Waals surface area (Å²) < 4.78 is 2.04. The number of rotatable bonds is 3. The predicted molar refractivity (Wildman–Crippen MR) is 95.9 cm³/mol. The molecular weight excluding hydrogens is 413 g/mol. The van der Waals surface area contributed by atoms with Gasteiger partial charge in [0, 0.05) is 26.4 Å². The molecule has 1 nitrogen and oxygen atoms in total. The molecule has 1 heterocycles. The van der Waals surface area contributed by atoms with Crippen molar-refractivity contribution in [2.24, 2.45) is 0 Å². The standard InChI is InChI=1S/C17H12Br2ClN/c18-13-7-12(8-14(19)9-13)16(20)10-15-6-5-11-3-1-2-4-17(11)21-15/h1-9,16H,10H2. The molecule has 0 aliphatic rings. The summed E-state index contributed by atoms with van der Waals surface area (Å²) in [5.74, 6) is 0. The molecule has 0 bridgehead atoms. The molecule has 0 aliphatic carbocycles. The first-order valence-corrected chi connectivity index (χ1v) is 8.59. The molecule has 0 saturated heterocycles. The average Bonchev–Trinajstić information content (AvgIpc) is 2.46. The van der Waals surface area contributed by atoms with Crippen molar-refractivity contribution in [2.75, 3.05) is 0 Å². The number of aromatic nitrogens is 1. The zero-order chi connectivity index (χ0) is 14.8. The predicted octanol–water partition coefficient (Wildman–Crippen LogP) is 6.28. The summed E-state index contributed by atoms with van der Waals surface area (Å²) in [6.45, 7) is 0. The van der Waals surface area contributed by atoms with Crippen molar-refractivity contribution in [2.45, 2.75) is 11.8 Å². The van der Waals surface area contributed by atoms with Gasteiger partial charge in [0.1, 0.15) is 0 Å². The van der Waals surface area contributed by atoms with Gasteiger partial charge < -0.3 is 0 Å². The Kier molecular flexibility index (Phi) is 4.63. The topological polar surface area (TPSA) is 12.9 Å². The zero-order valence-electron chi connectivity index (χ0n) is 11.1. The first-order valence-electron chi connectivity index (χ1n) is 6.56. The Morgan fingerprint density at radius 2 is 1.67 bits per heavy atom. The maximum atomic E-state index is 6.55. The van der Waals surface area contributed by atoms with Gasteiger partial charge in [-0.1, -0.05) is 56.1 Å². The molecule has 0 radical (unpaired) electrons. The van der Waals surface area contributed by atoms with E-state index in [1.807, 2.05) is 42.5 Å². The van der Waals surface area contributed by atoms with Crippen LogP contribution in [0.4, 0.5) is 0 Å². The van der Waals surface area contributed by atoms with Crippen LogP contribution < -0.4 is 0 Å². The fourth-order valence-electron chi connectivity index (χ4n) is 2.28. The molecule has 4 heteroatoms. The Morgan fingerprint density at radius 1 is 0.952 bits per heavy atom. The van der Waals surface area contributed by atoms with Crippen LogP contribution in [0.1, 0.15) is 16.6 Å². The van der Waals surface area contributed by atoms with E-state index >= 15 is 0 Å². The summed E-state index contributed by atoms with van der Waals surface area (Å²) in [5.41, 5.74) is 3.09. The third kappa shape index (κ3) is 3.65. The van der Waals surface area contributed by atoms with Crippen LogP contribution in [0.15, 0.2) is 63.5 Å². The van der Waals surface area contributed by atoms with Gasteiger partial charge in [0.25, 0.3) is 0 Å². The Hall–Kier alpha value is -0.900. The minimum Gasteiger partial charge on any atom is -0.253 e. The summed E-state index contributed by atoms with van der Waals surface area (Å²) in [7, 11) is 0. The number of nitrogens with zero attached hydrogens (tertiary/aromatic N) is 1. The SMILES string of the molecule is ClC(Cc1ccc2ccccc2n1)c1cc(Br)cc(Br)c1. The highest BCUT2D eigenvalue weighted by molar-refractivity contribution is 9.11. The summed E-state index contributed by atoms with van der Waals surface area (Å²) >= 11 is 13.5. The Balaban J connectivity index is 1.86. The van der Waals surface area contributed by atoms with E-state index in [0.717, 1.165) is 31.1 Å². The van der Waals surface area contributed by atoms with Crippen molar-refractivity contribution in [1.82, 2.24) is 4.98 Å². The summed E-state index contributed by atoms with van der Waals surface area (Å²) in [6.07, 6.45) is 0.704. The van der Waals surface area contributed by atoms with E-state index in [-0.39, 0.29) is 5.38 Å². The second-order valence-corrected chi connectivity index (χ2v) is 7.23. The molecule has 3 rings (SSSR count). The van der Waals surface area contributed by atoms with Crippen LogP contribution >= 0.6 is 43.5 Å². The van der Waals surface area contributed by atoms with Gasteiger partial charge in [0.2, 0.25) is 0 Å². The van der Waals surface area contributed by atoms with E-state index < -0.39 is 0 Å². The van der Waals surface area contributed by atoms with Crippen molar-refractivity contribution in [1.29, 1.82) is 0 Å². The first kappa shape index (κ1) is 15.0. The zero-order valence-corrected chi connectivity index (χ0v) is 15.0. The molecule has 106 valence electrons. The fourth-order valence-corrected chi connectivity index (χ4v) is 3.89. The third-order valence-corrected chi connectivity index (χ3v) is 4.61. The molecule has 0 aliphatic heterocycles. The molecular formula is C17H12Br2ClN. The highest BCUT2D eigenvalue weighted by Crippen LogP contribution is 2.30. The molecule has 21 heavy (non-hydrogen) atoms. The van der Waals surface area contributed by atoms with Gasteiger partial charge in [-0.05, 0) is 35.9 Å². The fraction of sp³-hybridized carbons (Fsp3) is 0.118. The van der Waals surface area contributed by atoms with E-state index in [2.05, 4.69) is 49.0 Å².